The van der Waals surface area contributed by atoms with Crippen molar-refractivity contribution >= 4 is 21.7 Å². The Bertz CT molecular complexity index is 1290. The van der Waals surface area contributed by atoms with Gasteiger partial charge >= 0.3 is 12.1 Å². The summed E-state index contributed by atoms with van der Waals surface area (Å²) in [6.45, 7) is 0. The number of pyridine rings is 1. The van der Waals surface area contributed by atoms with Gasteiger partial charge in [0.1, 0.15) is 0 Å². The summed E-state index contributed by atoms with van der Waals surface area (Å²) in [5.41, 5.74) is -0.694. The molecule has 3 aromatic rings. The fourth-order valence-electron chi connectivity index (χ4n) is 3.38. The highest BCUT2D eigenvalue weighted by Crippen LogP contribution is 2.44. The van der Waals surface area contributed by atoms with E-state index in [0.29, 0.717) is 11.6 Å². The molecule has 0 amide bonds. The van der Waals surface area contributed by atoms with E-state index >= 15 is 0 Å². The zero-order chi connectivity index (χ0) is 23.1. The molecular weight excluding hydrogens is 445 g/mol. The van der Waals surface area contributed by atoms with Crippen molar-refractivity contribution in [2.75, 3.05) is 4.72 Å². The Labute approximate surface area is 181 Å². The molecule has 0 aliphatic heterocycles. The number of nitrogens with one attached hydrogen (secondary N) is 1. The molecule has 1 aliphatic rings. The number of hydrogen-bond acceptors (Lipinski definition) is 4. The van der Waals surface area contributed by atoms with Gasteiger partial charge in [-0.05, 0) is 60.7 Å². The average molecular weight is 462 g/mol. The van der Waals surface area contributed by atoms with E-state index in [1.165, 1.54) is 18.3 Å². The van der Waals surface area contributed by atoms with Gasteiger partial charge in [-0.15, -0.1) is 0 Å². The number of nitrogens with zero attached hydrogens (tertiary/aromatic N) is 1. The Kier molecular flexibility index (Phi) is 5.41. The zero-order valence-electron chi connectivity index (χ0n) is 16.4. The number of carboxylic acids is 1. The van der Waals surface area contributed by atoms with E-state index in [9.17, 15) is 31.5 Å². The van der Waals surface area contributed by atoms with Gasteiger partial charge in [0.2, 0.25) is 0 Å². The highest BCUT2D eigenvalue weighted by Gasteiger charge is 2.34. The van der Waals surface area contributed by atoms with Crippen LogP contribution in [0.25, 0.3) is 11.3 Å². The van der Waals surface area contributed by atoms with Crippen LogP contribution in [0.4, 0.5) is 18.9 Å². The van der Waals surface area contributed by atoms with Crippen molar-refractivity contribution in [1.82, 2.24) is 4.98 Å². The largest absolute Gasteiger partial charge is 0.478 e. The lowest BCUT2D eigenvalue weighted by Gasteiger charge is -2.17. The summed E-state index contributed by atoms with van der Waals surface area (Å²) in [6, 6.07) is 11.3. The lowest BCUT2D eigenvalue weighted by atomic mass is 10.1. The number of carboxylic acid groups (broad SMARTS) is 1. The van der Waals surface area contributed by atoms with Crippen LogP contribution in [0.1, 0.15) is 40.2 Å². The van der Waals surface area contributed by atoms with Gasteiger partial charge in [0.25, 0.3) is 10.0 Å². The number of aromatic carboxylic acids is 1. The summed E-state index contributed by atoms with van der Waals surface area (Å²) in [6.07, 6.45) is -1.76. The lowest BCUT2D eigenvalue weighted by Crippen LogP contribution is -2.17. The van der Waals surface area contributed by atoms with Crippen LogP contribution in [-0.2, 0) is 16.2 Å². The van der Waals surface area contributed by atoms with Crippen LogP contribution in [0.3, 0.4) is 0 Å². The second-order valence-corrected chi connectivity index (χ2v) is 9.06. The molecule has 1 aliphatic carbocycles. The minimum Gasteiger partial charge on any atom is -0.478 e. The number of carbonyl (C=O) groups is 1. The first kappa shape index (κ1) is 21.8. The van der Waals surface area contributed by atoms with E-state index in [0.717, 1.165) is 31.0 Å². The fraction of sp³-hybridized carbons (Fsp3) is 0.182. The molecule has 1 aromatic heterocycles. The number of aromatic nitrogens is 1. The summed E-state index contributed by atoms with van der Waals surface area (Å²) in [4.78, 5) is 15.2. The number of benzene rings is 2. The van der Waals surface area contributed by atoms with E-state index in [1.807, 2.05) is 0 Å². The molecule has 0 atom stereocenters. The standard InChI is InChI=1S/C22H17F3N2O4S/c23-22(24,25)15-7-9-17(18-3-1-2-10-26-18)19(12-15)27-32(30,31)20-11-14(21(28)29)6-8-16(20)13-4-5-13/h1-3,6-13,27H,4-5H2,(H,28,29). The van der Waals surface area contributed by atoms with Crippen LogP contribution in [0.15, 0.2) is 65.7 Å². The number of alkyl halides is 3. The molecule has 0 unspecified atom stereocenters. The van der Waals surface area contributed by atoms with E-state index in [2.05, 4.69) is 9.71 Å². The predicted molar refractivity (Wildman–Crippen MR) is 111 cm³/mol. The maximum absolute atomic E-state index is 13.3. The average Bonchev–Trinajstić information content (AvgIpc) is 3.58. The molecule has 1 fully saturated rings. The Morgan fingerprint density at radius 3 is 2.41 bits per heavy atom. The van der Waals surface area contributed by atoms with Gasteiger partial charge in [-0.25, -0.2) is 13.2 Å². The van der Waals surface area contributed by atoms with Gasteiger partial charge in [0.15, 0.2) is 0 Å². The third kappa shape index (κ3) is 4.45. The summed E-state index contributed by atoms with van der Waals surface area (Å²) in [7, 11) is -4.41. The van der Waals surface area contributed by atoms with Gasteiger partial charge in [-0.1, -0.05) is 18.2 Å². The second-order valence-electron chi connectivity index (χ2n) is 7.41. The Balaban J connectivity index is 1.84. The molecule has 0 bridgehead atoms. The molecule has 0 spiro atoms. The molecule has 2 N–H and O–H groups in total. The fourth-order valence-corrected chi connectivity index (χ4v) is 4.78. The van der Waals surface area contributed by atoms with Crippen LogP contribution >= 0.6 is 0 Å². The van der Waals surface area contributed by atoms with Crippen molar-refractivity contribution in [1.29, 1.82) is 0 Å². The van der Waals surface area contributed by atoms with E-state index in [-0.39, 0.29) is 33.3 Å². The van der Waals surface area contributed by atoms with Gasteiger partial charge < -0.3 is 5.11 Å². The van der Waals surface area contributed by atoms with Crippen molar-refractivity contribution in [3.8, 4) is 11.3 Å². The maximum atomic E-state index is 13.3. The summed E-state index contributed by atoms with van der Waals surface area (Å²) < 4.78 is 68.7. The molecule has 166 valence electrons. The van der Waals surface area contributed by atoms with Gasteiger partial charge in [-0.3, -0.25) is 9.71 Å². The Morgan fingerprint density at radius 2 is 1.81 bits per heavy atom. The van der Waals surface area contributed by atoms with E-state index < -0.39 is 27.7 Å². The molecule has 0 radical (unpaired) electrons. The normalized spacial score (nSPS) is 14.2. The molecule has 32 heavy (non-hydrogen) atoms. The molecule has 0 saturated heterocycles. The molecule has 2 aromatic carbocycles. The molecular formula is C22H17F3N2O4S. The molecule has 6 nitrogen and oxygen atoms in total. The summed E-state index contributed by atoms with van der Waals surface area (Å²) in [5, 5.41) is 9.28. The third-order valence-corrected chi connectivity index (χ3v) is 6.52. The third-order valence-electron chi connectivity index (χ3n) is 5.10. The van der Waals surface area contributed by atoms with Crippen LogP contribution in [0.5, 0.6) is 0 Å². The highest BCUT2D eigenvalue weighted by molar-refractivity contribution is 7.92. The molecule has 1 saturated carbocycles. The van der Waals surface area contributed by atoms with E-state index in [1.54, 1.807) is 18.2 Å². The minimum absolute atomic E-state index is 0.0406. The number of anilines is 1. The molecule has 4 rings (SSSR count). The number of sulfonamides is 1. The monoisotopic (exact) mass is 462 g/mol. The van der Waals surface area contributed by atoms with Gasteiger partial charge in [-0.2, -0.15) is 13.2 Å². The second kappa shape index (κ2) is 7.94. The van der Waals surface area contributed by atoms with Crippen molar-refractivity contribution in [2.45, 2.75) is 29.8 Å². The van der Waals surface area contributed by atoms with Gasteiger partial charge in [0, 0.05) is 11.8 Å². The van der Waals surface area contributed by atoms with Gasteiger partial charge in [0.05, 0.1) is 27.4 Å². The van der Waals surface area contributed by atoms with E-state index in [4.69, 9.17) is 0 Å². The summed E-state index contributed by atoms with van der Waals surface area (Å²) >= 11 is 0. The minimum atomic E-state index is -4.69. The molecule has 10 heteroatoms. The number of rotatable bonds is 6. The quantitative estimate of drug-likeness (QED) is 0.529. The van der Waals surface area contributed by atoms with Crippen molar-refractivity contribution in [3.63, 3.8) is 0 Å². The SMILES string of the molecule is O=C(O)c1ccc(C2CC2)c(S(=O)(=O)Nc2cc(C(F)(F)F)ccc2-c2ccccn2)c1. The smallest absolute Gasteiger partial charge is 0.416 e. The van der Waals surface area contributed by atoms with Crippen LogP contribution in [0, 0.1) is 0 Å². The topological polar surface area (TPSA) is 96.4 Å². The van der Waals surface area contributed by atoms with Crippen LogP contribution in [0.2, 0.25) is 0 Å². The lowest BCUT2D eigenvalue weighted by molar-refractivity contribution is -0.137. The first-order valence-corrected chi connectivity index (χ1v) is 11.1. The molecule has 1 heterocycles. The first-order chi connectivity index (χ1) is 15.1. The number of hydrogen-bond donors (Lipinski definition) is 2. The predicted octanol–water partition coefficient (Wildman–Crippen LogP) is 5.14. The van der Waals surface area contributed by atoms with Crippen LogP contribution in [-0.4, -0.2) is 24.5 Å². The van der Waals surface area contributed by atoms with Crippen LogP contribution < -0.4 is 4.72 Å². The summed E-state index contributed by atoms with van der Waals surface area (Å²) in [5.74, 6) is -1.35. The van der Waals surface area contributed by atoms with Crippen molar-refractivity contribution in [3.05, 3.63) is 77.5 Å². The number of halogens is 3. The van der Waals surface area contributed by atoms with Crippen molar-refractivity contribution in [2.24, 2.45) is 0 Å². The Hall–Kier alpha value is -3.40. The highest BCUT2D eigenvalue weighted by atomic mass is 32.2. The Morgan fingerprint density at radius 1 is 1.06 bits per heavy atom. The zero-order valence-corrected chi connectivity index (χ0v) is 17.2. The first-order valence-electron chi connectivity index (χ1n) is 9.59. The maximum Gasteiger partial charge on any atom is 0.416 e. The van der Waals surface area contributed by atoms with Crippen molar-refractivity contribution < 1.29 is 31.5 Å².